The molecule has 0 saturated heterocycles. The summed E-state index contributed by atoms with van der Waals surface area (Å²) < 4.78 is 8.83. The van der Waals surface area contributed by atoms with Crippen LogP contribution in [0, 0.1) is 13.5 Å². The molecule has 0 amide bonds. The lowest BCUT2D eigenvalue weighted by atomic mass is 9.81. The van der Waals surface area contributed by atoms with Crippen molar-refractivity contribution in [1.82, 2.24) is 0 Å². The first kappa shape index (κ1) is 20.8. The van der Waals surface area contributed by atoms with Gasteiger partial charge in [-0.05, 0) is 54.4 Å². The van der Waals surface area contributed by atoms with Gasteiger partial charge in [-0.25, -0.2) is 9.41 Å². The molecule has 0 atom stereocenters. The van der Waals surface area contributed by atoms with E-state index < -0.39 is 0 Å². The first-order valence-corrected chi connectivity index (χ1v) is 11.9. The number of pyridine rings is 1. The van der Waals surface area contributed by atoms with E-state index in [-0.39, 0.29) is 0 Å². The average molecular weight is 424 g/mol. The fourth-order valence-corrected chi connectivity index (χ4v) is 5.55. The topological polar surface area (TPSA) is 21.4 Å². The van der Waals surface area contributed by atoms with Crippen LogP contribution in [0.15, 0.2) is 47.0 Å². The van der Waals surface area contributed by atoms with Gasteiger partial charge in [-0.3, -0.25) is 0 Å². The minimum atomic E-state index is 0.359. The number of rotatable bonds is 3. The Labute approximate surface area is 190 Å². The number of fused-ring (bicyclic) bond motifs is 3. The number of nitrogens with zero attached hydrogens (tertiary/aromatic N) is 2. The van der Waals surface area contributed by atoms with Crippen LogP contribution in [0.1, 0.15) is 74.5 Å². The van der Waals surface area contributed by atoms with Crippen LogP contribution in [0.5, 0.6) is 0 Å². The fraction of sp³-hybridized carbons (Fsp3) is 0.379. The summed E-state index contributed by atoms with van der Waals surface area (Å²) in [6.07, 6.45) is 8.24. The highest BCUT2D eigenvalue weighted by atomic mass is 16.3. The molecule has 2 aromatic carbocycles. The van der Waals surface area contributed by atoms with Gasteiger partial charge in [-0.2, -0.15) is 0 Å². The van der Waals surface area contributed by atoms with E-state index in [1.54, 1.807) is 0 Å². The van der Waals surface area contributed by atoms with Gasteiger partial charge in [-0.1, -0.05) is 51.3 Å². The number of benzene rings is 2. The van der Waals surface area contributed by atoms with E-state index in [1.165, 1.54) is 48.8 Å². The van der Waals surface area contributed by atoms with E-state index in [9.17, 15) is 0 Å². The van der Waals surface area contributed by atoms with Crippen LogP contribution in [-0.2, 0) is 7.05 Å². The van der Waals surface area contributed by atoms with Gasteiger partial charge in [-0.15, -0.1) is 0 Å². The Hall–Kier alpha value is -3.12. The van der Waals surface area contributed by atoms with E-state index in [1.807, 2.05) is 6.07 Å². The van der Waals surface area contributed by atoms with Gasteiger partial charge in [0.1, 0.15) is 18.2 Å². The second kappa shape index (κ2) is 8.10. The molecule has 4 aromatic rings. The zero-order valence-corrected chi connectivity index (χ0v) is 19.5. The largest absolute Gasteiger partial charge is 0.466 e. The average Bonchev–Trinajstić information content (AvgIpc) is 3.18. The number of hydrogen-bond donors (Lipinski definition) is 0. The molecule has 32 heavy (non-hydrogen) atoms. The van der Waals surface area contributed by atoms with Crippen LogP contribution in [0.25, 0.3) is 38.0 Å². The zero-order chi connectivity index (χ0) is 22.4. The third-order valence-electron chi connectivity index (χ3n) is 7.24. The number of furan rings is 1. The molecule has 3 nitrogen and oxygen atoms in total. The van der Waals surface area contributed by atoms with Gasteiger partial charge in [0.2, 0.25) is 11.4 Å². The van der Waals surface area contributed by atoms with Crippen LogP contribution in [0.2, 0.25) is 0 Å². The quantitative estimate of drug-likeness (QED) is 0.241. The van der Waals surface area contributed by atoms with Crippen molar-refractivity contribution >= 4 is 27.6 Å². The summed E-state index contributed by atoms with van der Waals surface area (Å²) in [7, 11) is 2.07. The van der Waals surface area contributed by atoms with E-state index in [4.69, 9.17) is 11.0 Å². The molecule has 1 aliphatic rings. The summed E-state index contributed by atoms with van der Waals surface area (Å²) >= 11 is 0. The standard InChI is InChI=1S/C29H31N2O/c1-18(2)22-17-23(20-11-7-6-8-12-20)27(30-4)29-26(22)21-15-14-19(3)25(28(21)32-29)24-13-9-10-16-31(24)5/h9-10,13-18,20H,6-8,11-12H2,1-3,5H3/q+1. The Kier molecular flexibility index (Phi) is 5.25. The van der Waals surface area contributed by atoms with Crippen molar-refractivity contribution < 1.29 is 8.98 Å². The lowest BCUT2D eigenvalue weighted by Gasteiger charge is -2.24. The maximum absolute atomic E-state index is 8.09. The van der Waals surface area contributed by atoms with Crippen molar-refractivity contribution in [3.05, 3.63) is 70.7 Å². The van der Waals surface area contributed by atoms with E-state index >= 15 is 0 Å². The molecule has 0 spiro atoms. The normalized spacial score (nSPS) is 15.0. The van der Waals surface area contributed by atoms with Crippen LogP contribution >= 0.6 is 0 Å². The summed E-state index contributed by atoms with van der Waals surface area (Å²) in [5.74, 6) is 0.828. The van der Waals surface area contributed by atoms with Crippen LogP contribution in [-0.4, -0.2) is 0 Å². The summed E-state index contributed by atoms with van der Waals surface area (Å²) in [6, 6.07) is 13.0. The van der Waals surface area contributed by atoms with Crippen LogP contribution in [0.3, 0.4) is 0 Å². The molecule has 1 fully saturated rings. The van der Waals surface area contributed by atoms with Crippen molar-refractivity contribution in [3.63, 3.8) is 0 Å². The molecule has 162 valence electrons. The summed E-state index contributed by atoms with van der Waals surface area (Å²) in [6.45, 7) is 14.7. The third kappa shape index (κ3) is 3.21. The number of aryl methyl sites for hydroxylation is 2. The Morgan fingerprint density at radius 2 is 1.84 bits per heavy atom. The van der Waals surface area contributed by atoms with Gasteiger partial charge in [0, 0.05) is 22.9 Å². The monoisotopic (exact) mass is 423 g/mol. The Morgan fingerprint density at radius 3 is 2.53 bits per heavy atom. The lowest BCUT2D eigenvalue weighted by Crippen LogP contribution is -2.30. The molecular weight excluding hydrogens is 392 g/mol. The maximum Gasteiger partial charge on any atom is 0.232 e. The summed E-state index contributed by atoms with van der Waals surface area (Å²) in [5, 5.41) is 2.24. The van der Waals surface area contributed by atoms with Crippen molar-refractivity contribution in [2.75, 3.05) is 0 Å². The fourth-order valence-electron chi connectivity index (χ4n) is 5.55. The molecule has 2 heterocycles. The van der Waals surface area contributed by atoms with Gasteiger partial charge in [0.15, 0.2) is 6.20 Å². The molecule has 1 saturated carbocycles. The minimum Gasteiger partial charge on any atom is -0.466 e. The smallest absolute Gasteiger partial charge is 0.232 e. The van der Waals surface area contributed by atoms with Crippen LogP contribution < -0.4 is 4.57 Å². The van der Waals surface area contributed by atoms with Gasteiger partial charge >= 0.3 is 0 Å². The molecule has 0 unspecified atom stereocenters. The minimum absolute atomic E-state index is 0.359. The molecular formula is C29H31N2O+. The Bertz CT molecular complexity index is 1360. The first-order valence-electron chi connectivity index (χ1n) is 11.9. The summed E-state index contributed by atoms with van der Waals surface area (Å²) in [5.41, 5.74) is 8.35. The van der Waals surface area contributed by atoms with E-state index in [0.29, 0.717) is 11.8 Å². The molecule has 3 heteroatoms. The Balaban J connectivity index is 1.90. The van der Waals surface area contributed by atoms with Gasteiger partial charge in [0.25, 0.3) is 0 Å². The molecule has 1 aliphatic carbocycles. The van der Waals surface area contributed by atoms with Crippen molar-refractivity contribution in [2.24, 2.45) is 7.05 Å². The third-order valence-corrected chi connectivity index (χ3v) is 7.24. The SMILES string of the molecule is [C-]#[N+]c1c(C2CCCCC2)cc(C(C)C)c2c1oc1c(-c3cccc[n+]3C)c(C)ccc12. The maximum atomic E-state index is 8.09. The molecule has 0 aliphatic heterocycles. The second-order valence-electron chi connectivity index (χ2n) is 9.64. The first-order chi connectivity index (χ1) is 15.5. The second-order valence-corrected chi connectivity index (χ2v) is 9.64. The molecule has 0 N–H and O–H groups in total. The van der Waals surface area contributed by atoms with Gasteiger partial charge < -0.3 is 4.42 Å². The van der Waals surface area contributed by atoms with Crippen molar-refractivity contribution in [2.45, 2.75) is 64.7 Å². The van der Waals surface area contributed by atoms with Crippen molar-refractivity contribution in [3.8, 4) is 11.3 Å². The Morgan fingerprint density at radius 1 is 1.06 bits per heavy atom. The molecule has 0 radical (unpaired) electrons. The highest BCUT2D eigenvalue weighted by Gasteiger charge is 2.28. The molecule has 0 bridgehead atoms. The predicted octanol–water partition coefficient (Wildman–Crippen LogP) is 8.11. The molecule has 2 aromatic heterocycles. The van der Waals surface area contributed by atoms with E-state index in [0.717, 1.165) is 38.9 Å². The van der Waals surface area contributed by atoms with Gasteiger partial charge in [0.05, 0.1) is 12.1 Å². The highest BCUT2D eigenvalue weighted by molar-refractivity contribution is 6.15. The highest BCUT2D eigenvalue weighted by Crippen LogP contribution is 2.48. The molecule has 5 rings (SSSR count). The predicted molar refractivity (Wildman–Crippen MR) is 131 cm³/mol. The van der Waals surface area contributed by atoms with E-state index in [2.05, 4.69) is 73.8 Å². The number of aromatic nitrogens is 1. The van der Waals surface area contributed by atoms with Crippen molar-refractivity contribution in [1.29, 1.82) is 0 Å². The lowest BCUT2D eigenvalue weighted by molar-refractivity contribution is -0.660. The zero-order valence-electron chi connectivity index (χ0n) is 19.5. The van der Waals surface area contributed by atoms with Crippen LogP contribution in [0.4, 0.5) is 5.69 Å². The number of hydrogen-bond acceptors (Lipinski definition) is 1. The summed E-state index contributed by atoms with van der Waals surface area (Å²) in [4.78, 5) is 4.06.